The summed E-state index contributed by atoms with van der Waals surface area (Å²) in [5.41, 5.74) is 10.4. The Morgan fingerprint density at radius 2 is 1.38 bits per heavy atom. The van der Waals surface area contributed by atoms with Gasteiger partial charge in [0, 0.05) is 39.4 Å². The Bertz CT molecular complexity index is 1500. The minimum absolute atomic E-state index is 0. The van der Waals surface area contributed by atoms with Crippen molar-refractivity contribution in [3.63, 3.8) is 0 Å². The quantitative estimate of drug-likeness (QED) is 0.166. The SMILES string of the molecule is C=Cc1c(Nc2ccc(C)cc2SOC)ccc(Nc2ccc(C)cc2S[O-])c1C(=C)c1ccccc1C.[Na+]. The largest absolute Gasteiger partial charge is 1.00 e. The molecule has 4 nitrogen and oxygen atoms in total. The molecule has 194 valence electrons. The van der Waals surface area contributed by atoms with Gasteiger partial charge >= 0.3 is 29.6 Å². The maximum atomic E-state index is 11.9. The molecule has 4 rings (SSSR count). The van der Waals surface area contributed by atoms with Crippen LogP contribution >= 0.6 is 24.1 Å². The molecule has 0 aliphatic heterocycles. The zero-order chi connectivity index (χ0) is 27.2. The summed E-state index contributed by atoms with van der Waals surface area (Å²) in [6, 6.07) is 24.3. The molecule has 39 heavy (non-hydrogen) atoms. The van der Waals surface area contributed by atoms with Crippen LogP contribution in [0.5, 0.6) is 0 Å². The maximum Gasteiger partial charge on any atom is 1.00 e. The van der Waals surface area contributed by atoms with Crippen molar-refractivity contribution in [1.82, 2.24) is 0 Å². The number of benzene rings is 4. The second-order valence-corrected chi connectivity index (χ2v) is 10.6. The number of hydrogen-bond acceptors (Lipinski definition) is 6. The van der Waals surface area contributed by atoms with E-state index < -0.39 is 0 Å². The smallest absolute Gasteiger partial charge is 0.795 e. The third-order valence-corrected chi connectivity index (χ3v) is 7.50. The molecule has 0 aromatic heterocycles. The Labute approximate surface area is 262 Å². The van der Waals surface area contributed by atoms with Gasteiger partial charge in [-0.15, -0.1) is 0 Å². The van der Waals surface area contributed by atoms with Gasteiger partial charge in [-0.3, -0.25) is 0 Å². The molecule has 0 atom stereocenters. The van der Waals surface area contributed by atoms with E-state index in [1.807, 2.05) is 55.5 Å². The molecule has 4 aromatic carbocycles. The predicted molar refractivity (Wildman–Crippen MR) is 164 cm³/mol. The number of nitrogens with one attached hydrogen (secondary N) is 2. The minimum Gasteiger partial charge on any atom is -0.795 e. The number of hydrogen-bond donors (Lipinski definition) is 2. The second-order valence-electron chi connectivity index (χ2n) is 9.03. The molecule has 4 aromatic rings. The Morgan fingerprint density at radius 1 is 0.821 bits per heavy atom. The molecule has 7 heteroatoms. The maximum absolute atomic E-state index is 11.9. The van der Waals surface area contributed by atoms with Gasteiger partial charge < -0.3 is 19.4 Å². The van der Waals surface area contributed by atoms with Gasteiger partial charge in [0.05, 0.1) is 23.4 Å². The molecule has 0 bridgehead atoms. The molecule has 0 amide bonds. The van der Waals surface area contributed by atoms with Crippen molar-refractivity contribution in [3.8, 4) is 0 Å². The van der Waals surface area contributed by atoms with Crippen molar-refractivity contribution in [2.45, 2.75) is 30.6 Å². The average molecular weight is 563 g/mol. The topological polar surface area (TPSA) is 56.3 Å². The fourth-order valence-corrected chi connectivity index (χ4v) is 5.46. The van der Waals surface area contributed by atoms with Crippen LogP contribution in [-0.2, 0) is 4.18 Å². The van der Waals surface area contributed by atoms with Crippen LogP contribution in [0.15, 0.2) is 95.7 Å². The number of rotatable bonds is 10. The van der Waals surface area contributed by atoms with Crippen LogP contribution in [0, 0.1) is 20.8 Å². The first kappa shape index (κ1) is 31.1. The van der Waals surface area contributed by atoms with Crippen LogP contribution in [0.2, 0.25) is 0 Å². The number of aryl methyl sites for hydroxylation is 3. The van der Waals surface area contributed by atoms with Crippen LogP contribution < -0.4 is 40.2 Å². The van der Waals surface area contributed by atoms with Crippen LogP contribution in [0.3, 0.4) is 0 Å². The van der Waals surface area contributed by atoms with E-state index in [-0.39, 0.29) is 29.6 Å². The summed E-state index contributed by atoms with van der Waals surface area (Å²) in [6.45, 7) is 14.8. The third kappa shape index (κ3) is 7.21. The van der Waals surface area contributed by atoms with Crippen molar-refractivity contribution in [2.24, 2.45) is 0 Å². The fourth-order valence-electron chi connectivity index (χ4n) is 4.40. The Morgan fingerprint density at radius 3 is 2.00 bits per heavy atom. The molecular formula is C32H31N2NaO2S2. The minimum atomic E-state index is 0. The predicted octanol–water partition coefficient (Wildman–Crippen LogP) is 6.68. The van der Waals surface area contributed by atoms with E-state index in [4.69, 9.17) is 4.18 Å². The Hall–Kier alpha value is -2.42. The molecule has 0 heterocycles. The van der Waals surface area contributed by atoms with Gasteiger partial charge in [0.15, 0.2) is 0 Å². The summed E-state index contributed by atoms with van der Waals surface area (Å²) in [5.74, 6) is 0. The van der Waals surface area contributed by atoms with Crippen LogP contribution in [0.1, 0.15) is 33.4 Å². The van der Waals surface area contributed by atoms with Gasteiger partial charge in [-0.25, -0.2) is 12.0 Å². The molecule has 0 radical (unpaired) electrons. The standard InChI is InChI=1S/C32H32N2O2S2.Na/c1-7-24-26(33-28-15-13-21(3)19-31(28)38-36-6)16-17-29(34-27-14-12-20(2)18-30(27)37-35)32(24)23(5)25-11-9-8-10-22(25)4;/h7-19,33-35H,1,5H2,2-4,6H3;/q;+1/p-1. The van der Waals surface area contributed by atoms with E-state index in [1.54, 1.807) is 7.11 Å². The van der Waals surface area contributed by atoms with E-state index in [1.165, 1.54) is 12.0 Å². The van der Waals surface area contributed by atoms with E-state index in [9.17, 15) is 4.55 Å². The van der Waals surface area contributed by atoms with Crippen molar-refractivity contribution >= 4 is 58.5 Å². The first-order chi connectivity index (χ1) is 18.4. The summed E-state index contributed by atoms with van der Waals surface area (Å²) in [4.78, 5) is 1.63. The fraction of sp³-hybridized carbons (Fsp3) is 0.125. The van der Waals surface area contributed by atoms with Gasteiger partial charge in [-0.05, 0) is 85.0 Å². The molecule has 0 unspecified atom stereocenters. The first-order valence-corrected chi connectivity index (χ1v) is 13.6. The molecule has 0 aliphatic rings. The zero-order valence-electron chi connectivity index (χ0n) is 23.1. The average Bonchev–Trinajstić information content (AvgIpc) is 2.91. The second kappa shape index (κ2) is 14.3. The third-order valence-electron chi connectivity index (χ3n) is 6.30. The van der Waals surface area contributed by atoms with Crippen LogP contribution in [0.4, 0.5) is 22.7 Å². The zero-order valence-corrected chi connectivity index (χ0v) is 26.7. The van der Waals surface area contributed by atoms with Gasteiger partial charge in [0.2, 0.25) is 0 Å². The molecule has 0 saturated heterocycles. The van der Waals surface area contributed by atoms with E-state index in [0.29, 0.717) is 16.9 Å². The monoisotopic (exact) mass is 562 g/mol. The van der Waals surface area contributed by atoms with Crippen molar-refractivity contribution in [2.75, 3.05) is 17.7 Å². The molecule has 0 aliphatic carbocycles. The summed E-state index contributed by atoms with van der Waals surface area (Å²) in [7, 11) is 1.66. The normalized spacial score (nSPS) is 10.5. The summed E-state index contributed by atoms with van der Waals surface area (Å²) in [5, 5.41) is 7.10. The van der Waals surface area contributed by atoms with Crippen molar-refractivity contribution in [1.29, 1.82) is 0 Å². The summed E-state index contributed by atoms with van der Waals surface area (Å²) in [6.07, 6.45) is 1.85. The summed E-state index contributed by atoms with van der Waals surface area (Å²) >= 11 is 1.80. The molecule has 0 fully saturated rings. The van der Waals surface area contributed by atoms with Crippen LogP contribution in [-0.4, -0.2) is 11.7 Å². The Balaban J connectivity index is 0.00000420. The van der Waals surface area contributed by atoms with Crippen LogP contribution in [0.25, 0.3) is 11.6 Å². The van der Waals surface area contributed by atoms with Gasteiger partial charge in [0.25, 0.3) is 0 Å². The number of anilines is 4. The Kier molecular flexibility index (Phi) is 11.4. The molecule has 0 saturated carbocycles. The molecule has 2 N–H and O–H groups in total. The van der Waals surface area contributed by atoms with E-state index >= 15 is 0 Å². The van der Waals surface area contributed by atoms with Gasteiger partial charge in [0.1, 0.15) is 0 Å². The first-order valence-electron chi connectivity index (χ1n) is 12.2. The van der Waals surface area contributed by atoms with E-state index in [2.05, 4.69) is 68.0 Å². The summed E-state index contributed by atoms with van der Waals surface area (Å²) < 4.78 is 17.3. The van der Waals surface area contributed by atoms with E-state index in [0.717, 1.165) is 66.6 Å². The van der Waals surface area contributed by atoms with Crippen molar-refractivity contribution in [3.05, 3.63) is 119 Å². The molecule has 0 spiro atoms. The van der Waals surface area contributed by atoms with Crippen molar-refractivity contribution < 1.29 is 38.3 Å². The van der Waals surface area contributed by atoms with Gasteiger partial charge in [-0.2, -0.15) is 0 Å². The van der Waals surface area contributed by atoms with Gasteiger partial charge in [-0.1, -0.05) is 55.6 Å². The molecular weight excluding hydrogens is 531 g/mol.